The van der Waals surface area contributed by atoms with Gasteiger partial charge >= 0.3 is 0 Å². The summed E-state index contributed by atoms with van der Waals surface area (Å²) in [7, 11) is 1.61. The third-order valence-electron chi connectivity index (χ3n) is 2.96. The van der Waals surface area contributed by atoms with Crippen LogP contribution in [0.1, 0.15) is 15.9 Å². The molecule has 5 heteroatoms. The van der Waals surface area contributed by atoms with Gasteiger partial charge in [-0.2, -0.15) is 0 Å². The van der Waals surface area contributed by atoms with Crippen molar-refractivity contribution in [2.24, 2.45) is 0 Å². The van der Waals surface area contributed by atoms with Gasteiger partial charge in [0, 0.05) is 12.1 Å². The second-order valence-corrected chi connectivity index (χ2v) is 4.37. The van der Waals surface area contributed by atoms with E-state index < -0.39 is 0 Å². The smallest absolute Gasteiger partial charge is 0.251 e. The van der Waals surface area contributed by atoms with Crippen LogP contribution in [0.5, 0.6) is 5.75 Å². The number of benzene rings is 2. The molecule has 0 heterocycles. The lowest BCUT2D eigenvalue weighted by Gasteiger charge is -2.08. The molecule has 5 N–H and O–H groups in total. The van der Waals surface area contributed by atoms with Crippen molar-refractivity contribution in [3.05, 3.63) is 53.6 Å². The molecule has 0 spiro atoms. The maximum Gasteiger partial charge on any atom is 0.251 e. The Morgan fingerprint density at radius 1 is 1.10 bits per heavy atom. The van der Waals surface area contributed by atoms with Gasteiger partial charge in [-0.3, -0.25) is 4.79 Å². The van der Waals surface area contributed by atoms with Crippen molar-refractivity contribution in [2.45, 2.75) is 6.54 Å². The minimum atomic E-state index is -0.187. The molecule has 104 valence electrons. The molecule has 0 aliphatic rings. The van der Waals surface area contributed by atoms with Crippen molar-refractivity contribution in [1.29, 1.82) is 0 Å². The summed E-state index contributed by atoms with van der Waals surface area (Å²) in [4.78, 5) is 12.0. The van der Waals surface area contributed by atoms with E-state index in [-0.39, 0.29) is 5.91 Å². The van der Waals surface area contributed by atoms with Crippen LogP contribution >= 0.6 is 0 Å². The minimum absolute atomic E-state index is 0.187. The first-order valence-electron chi connectivity index (χ1n) is 6.16. The summed E-state index contributed by atoms with van der Waals surface area (Å²) in [6.45, 7) is 0.438. The van der Waals surface area contributed by atoms with Crippen molar-refractivity contribution in [3.8, 4) is 5.75 Å². The molecule has 1 amide bonds. The Bertz CT molecular complexity index is 609. The fourth-order valence-electron chi connectivity index (χ4n) is 1.74. The van der Waals surface area contributed by atoms with Gasteiger partial charge in [0.1, 0.15) is 5.75 Å². The quantitative estimate of drug-likeness (QED) is 0.739. The molecule has 0 unspecified atom stereocenters. The van der Waals surface area contributed by atoms with Gasteiger partial charge in [0.05, 0.1) is 18.5 Å². The van der Waals surface area contributed by atoms with E-state index >= 15 is 0 Å². The Balaban J connectivity index is 1.98. The average Bonchev–Trinajstić information content (AvgIpc) is 2.48. The molecular formula is C15H17N3O2. The zero-order valence-electron chi connectivity index (χ0n) is 11.2. The highest BCUT2D eigenvalue weighted by atomic mass is 16.5. The first-order chi connectivity index (χ1) is 9.60. The summed E-state index contributed by atoms with van der Waals surface area (Å²) in [6.07, 6.45) is 0. The Hall–Kier alpha value is -2.69. The van der Waals surface area contributed by atoms with Gasteiger partial charge < -0.3 is 21.5 Å². The summed E-state index contributed by atoms with van der Waals surface area (Å²) in [5, 5.41) is 2.82. The number of carbonyl (C=O) groups is 1. The molecule has 0 saturated carbocycles. The topological polar surface area (TPSA) is 90.4 Å². The molecule has 0 atom stereocenters. The molecule has 20 heavy (non-hydrogen) atoms. The first kappa shape index (κ1) is 13.7. The Morgan fingerprint density at radius 2 is 1.80 bits per heavy atom. The van der Waals surface area contributed by atoms with Gasteiger partial charge in [-0.05, 0) is 35.9 Å². The zero-order chi connectivity index (χ0) is 14.5. The largest absolute Gasteiger partial charge is 0.497 e. The number of nitrogens with one attached hydrogen (secondary N) is 1. The van der Waals surface area contributed by atoms with Gasteiger partial charge in [-0.15, -0.1) is 0 Å². The van der Waals surface area contributed by atoms with Crippen LogP contribution in [0, 0.1) is 0 Å². The van der Waals surface area contributed by atoms with E-state index in [1.165, 1.54) is 0 Å². The van der Waals surface area contributed by atoms with Gasteiger partial charge in [-0.25, -0.2) is 0 Å². The van der Waals surface area contributed by atoms with Crippen LogP contribution in [0.4, 0.5) is 11.4 Å². The van der Waals surface area contributed by atoms with Crippen LogP contribution in [0.15, 0.2) is 42.5 Å². The van der Waals surface area contributed by atoms with Gasteiger partial charge in [0.2, 0.25) is 0 Å². The molecule has 0 aliphatic carbocycles. The monoisotopic (exact) mass is 271 g/mol. The van der Waals surface area contributed by atoms with Crippen LogP contribution in [0.25, 0.3) is 0 Å². The third-order valence-corrected chi connectivity index (χ3v) is 2.96. The highest BCUT2D eigenvalue weighted by molar-refractivity contribution is 5.95. The molecular weight excluding hydrogens is 254 g/mol. The number of methoxy groups -OCH3 is 1. The molecule has 0 aliphatic heterocycles. The summed E-state index contributed by atoms with van der Waals surface area (Å²) < 4.78 is 5.08. The molecule has 2 rings (SSSR count). The molecule has 2 aromatic carbocycles. The van der Waals surface area contributed by atoms with Gasteiger partial charge in [0.25, 0.3) is 5.91 Å². The zero-order valence-corrected chi connectivity index (χ0v) is 11.2. The number of ether oxygens (including phenoxy) is 1. The van der Waals surface area contributed by atoms with E-state index in [9.17, 15) is 4.79 Å². The predicted molar refractivity (Wildman–Crippen MR) is 79.4 cm³/mol. The van der Waals surface area contributed by atoms with Crippen LogP contribution in [-0.2, 0) is 6.54 Å². The van der Waals surface area contributed by atoms with Gasteiger partial charge in [0.15, 0.2) is 0 Å². The van der Waals surface area contributed by atoms with Crippen molar-refractivity contribution in [1.82, 2.24) is 5.32 Å². The minimum Gasteiger partial charge on any atom is -0.497 e. The lowest BCUT2D eigenvalue weighted by Crippen LogP contribution is -2.22. The van der Waals surface area contributed by atoms with E-state index in [4.69, 9.17) is 16.2 Å². The summed E-state index contributed by atoms with van der Waals surface area (Å²) >= 11 is 0. The van der Waals surface area contributed by atoms with E-state index in [1.807, 2.05) is 24.3 Å². The normalized spacial score (nSPS) is 10.1. The Labute approximate surface area is 117 Å². The Morgan fingerprint density at radius 3 is 2.40 bits per heavy atom. The number of hydrogen-bond acceptors (Lipinski definition) is 4. The van der Waals surface area contributed by atoms with E-state index in [0.29, 0.717) is 23.5 Å². The second kappa shape index (κ2) is 5.97. The molecule has 2 aromatic rings. The lowest BCUT2D eigenvalue weighted by molar-refractivity contribution is 0.0951. The molecule has 5 nitrogen and oxygen atoms in total. The maximum absolute atomic E-state index is 12.0. The van der Waals surface area contributed by atoms with Gasteiger partial charge in [-0.1, -0.05) is 12.1 Å². The van der Waals surface area contributed by atoms with Crippen LogP contribution in [0.3, 0.4) is 0 Å². The fraction of sp³-hybridized carbons (Fsp3) is 0.133. The number of nitrogens with two attached hydrogens (primary N) is 2. The molecule has 0 radical (unpaired) electrons. The standard InChI is InChI=1S/C15H17N3O2/c1-20-12-5-2-10(3-6-12)9-18-15(19)11-4-7-13(16)14(17)8-11/h2-8H,9,16-17H2,1H3,(H,18,19). The van der Waals surface area contributed by atoms with Crippen molar-refractivity contribution in [2.75, 3.05) is 18.6 Å². The second-order valence-electron chi connectivity index (χ2n) is 4.37. The van der Waals surface area contributed by atoms with Crippen molar-refractivity contribution < 1.29 is 9.53 Å². The lowest BCUT2D eigenvalue weighted by atomic mass is 10.1. The van der Waals surface area contributed by atoms with Crippen LogP contribution < -0.4 is 21.5 Å². The Kier molecular flexibility index (Phi) is 4.10. The fourth-order valence-corrected chi connectivity index (χ4v) is 1.74. The number of rotatable bonds is 4. The van der Waals surface area contributed by atoms with Crippen molar-refractivity contribution >= 4 is 17.3 Å². The van der Waals surface area contributed by atoms with E-state index in [1.54, 1.807) is 25.3 Å². The molecule has 0 fully saturated rings. The average molecular weight is 271 g/mol. The van der Waals surface area contributed by atoms with E-state index in [2.05, 4.69) is 5.32 Å². The summed E-state index contributed by atoms with van der Waals surface area (Å²) in [5.41, 5.74) is 13.6. The summed E-state index contributed by atoms with van der Waals surface area (Å²) in [6, 6.07) is 12.3. The predicted octanol–water partition coefficient (Wildman–Crippen LogP) is 1.79. The summed E-state index contributed by atoms with van der Waals surface area (Å²) in [5.74, 6) is 0.596. The van der Waals surface area contributed by atoms with Crippen LogP contribution in [-0.4, -0.2) is 13.0 Å². The number of carbonyl (C=O) groups excluding carboxylic acids is 1. The van der Waals surface area contributed by atoms with Crippen LogP contribution in [0.2, 0.25) is 0 Å². The van der Waals surface area contributed by atoms with E-state index in [0.717, 1.165) is 11.3 Å². The number of nitrogen functional groups attached to an aromatic ring is 2. The molecule has 0 aromatic heterocycles. The van der Waals surface area contributed by atoms with Crippen molar-refractivity contribution in [3.63, 3.8) is 0 Å². The highest BCUT2D eigenvalue weighted by Crippen LogP contribution is 2.16. The number of amides is 1. The SMILES string of the molecule is COc1ccc(CNC(=O)c2ccc(N)c(N)c2)cc1. The molecule has 0 saturated heterocycles. The maximum atomic E-state index is 12.0. The number of anilines is 2. The number of hydrogen-bond donors (Lipinski definition) is 3. The first-order valence-corrected chi connectivity index (χ1v) is 6.16. The highest BCUT2D eigenvalue weighted by Gasteiger charge is 2.07. The third kappa shape index (κ3) is 3.20. The molecule has 0 bridgehead atoms.